The van der Waals surface area contributed by atoms with Crippen LogP contribution in [0.15, 0.2) is 24.3 Å². The second-order valence-electron chi connectivity index (χ2n) is 4.96. The lowest BCUT2D eigenvalue weighted by atomic mass is 10.0. The second kappa shape index (κ2) is 7.05. The van der Waals surface area contributed by atoms with E-state index >= 15 is 0 Å². The summed E-state index contributed by atoms with van der Waals surface area (Å²) in [6.45, 7) is 0. The Labute approximate surface area is 114 Å². The van der Waals surface area contributed by atoms with Gasteiger partial charge in [0.1, 0.15) is 5.75 Å². The molecule has 0 bridgehead atoms. The fourth-order valence-electron chi connectivity index (χ4n) is 2.41. The number of methoxy groups -OCH3 is 1. The van der Waals surface area contributed by atoms with Gasteiger partial charge in [-0.2, -0.15) is 11.8 Å². The lowest BCUT2D eigenvalue weighted by Crippen LogP contribution is -2.34. The van der Waals surface area contributed by atoms with Crippen LogP contribution in [0.4, 0.5) is 0 Å². The summed E-state index contributed by atoms with van der Waals surface area (Å²) in [4.78, 5) is 0. The summed E-state index contributed by atoms with van der Waals surface area (Å²) in [6.07, 6.45) is 6.18. The number of benzene rings is 1. The summed E-state index contributed by atoms with van der Waals surface area (Å²) in [5, 5.41) is 0.678. The molecular weight excluding hydrogens is 242 g/mol. The van der Waals surface area contributed by atoms with Gasteiger partial charge in [-0.15, -0.1) is 0 Å². The van der Waals surface area contributed by atoms with Crippen molar-refractivity contribution in [2.24, 2.45) is 5.73 Å². The first-order valence-electron chi connectivity index (χ1n) is 6.79. The first kappa shape index (κ1) is 13.8. The van der Waals surface area contributed by atoms with Crippen LogP contribution < -0.4 is 10.5 Å². The molecule has 1 aliphatic rings. The third-order valence-electron chi connectivity index (χ3n) is 3.62. The van der Waals surface area contributed by atoms with Gasteiger partial charge in [-0.05, 0) is 49.1 Å². The Morgan fingerprint density at radius 2 is 2.11 bits per heavy atom. The lowest BCUT2D eigenvalue weighted by Gasteiger charge is -2.27. The van der Waals surface area contributed by atoms with E-state index in [1.807, 2.05) is 12.1 Å². The van der Waals surface area contributed by atoms with Gasteiger partial charge in [-0.1, -0.05) is 18.6 Å². The van der Waals surface area contributed by atoms with E-state index in [9.17, 15) is 0 Å². The van der Waals surface area contributed by atoms with E-state index in [2.05, 4.69) is 23.9 Å². The van der Waals surface area contributed by atoms with E-state index in [1.165, 1.54) is 30.6 Å². The standard InChI is InChI=1S/C15H23NOS/c1-17-13-8-5-12(6-9-13)7-10-14(16)15-4-2-3-11-18-15/h5-6,8-9,14-15H,2-4,7,10-11,16H2,1H3. The molecule has 1 fully saturated rings. The van der Waals surface area contributed by atoms with Gasteiger partial charge < -0.3 is 10.5 Å². The number of aryl methyl sites for hydroxylation is 1. The zero-order chi connectivity index (χ0) is 12.8. The van der Waals surface area contributed by atoms with Crippen molar-refractivity contribution < 1.29 is 4.74 Å². The van der Waals surface area contributed by atoms with E-state index in [-0.39, 0.29) is 0 Å². The van der Waals surface area contributed by atoms with Crippen LogP contribution in [0.2, 0.25) is 0 Å². The Kier molecular flexibility index (Phi) is 5.39. The Balaban J connectivity index is 1.78. The van der Waals surface area contributed by atoms with Gasteiger partial charge in [0.25, 0.3) is 0 Å². The van der Waals surface area contributed by atoms with Crippen LogP contribution in [0.25, 0.3) is 0 Å². The molecule has 2 unspecified atom stereocenters. The minimum Gasteiger partial charge on any atom is -0.497 e. The average molecular weight is 265 g/mol. The smallest absolute Gasteiger partial charge is 0.118 e. The van der Waals surface area contributed by atoms with Crippen molar-refractivity contribution in [2.45, 2.75) is 43.4 Å². The molecule has 2 rings (SSSR count). The normalized spacial score (nSPS) is 21.6. The molecule has 18 heavy (non-hydrogen) atoms. The Bertz CT molecular complexity index is 346. The Morgan fingerprint density at radius 3 is 2.72 bits per heavy atom. The van der Waals surface area contributed by atoms with E-state index in [0.717, 1.165) is 18.6 Å². The molecule has 0 aromatic heterocycles. The number of rotatable bonds is 5. The summed E-state index contributed by atoms with van der Waals surface area (Å²) < 4.78 is 5.16. The molecule has 3 heteroatoms. The summed E-state index contributed by atoms with van der Waals surface area (Å²) in [6, 6.07) is 8.67. The van der Waals surface area contributed by atoms with E-state index in [1.54, 1.807) is 7.11 Å². The predicted molar refractivity (Wildman–Crippen MR) is 79.4 cm³/mol. The molecule has 2 N–H and O–H groups in total. The minimum absolute atomic E-state index is 0.345. The highest BCUT2D eigenvalue weighted by Gasteiger charge is 2.20. The summed E-state index contributed by atoms with van der Waals surface area (Å²) in [5.41, 5.74) is 7.66. The van der Waals surface area contributed by atoms with Gasteiger partial charge >= 0.3 is 0 Å². The van der Waals surface area contributed by atoms with Crippen molar-refractivity contribution in [1.82, 2.24) is 0 Å². The van der Waals surface area contributed by atoms with Crippen LogP contribution >= 0.6 is 11.8 Å². The molecule has 1 aliphatic heterocycles. The maximum atomic E-state index is 6.31. The first-order chi connectivity index (χ1) is 8.79. The highest BCUT2D eigenvalue weighted by atomic mass is 32.2. The molecular formula is C15H23NOS. The van der Waals surface area contributed by atoms with Crippen molar-refractivity contribution in [2.75, 3.05) is 12.9 Å². The Morgan fingerprint density at radius 1 is 1.33 bits per heavy atom. The quantitative estimate of drug-likeness (QED) is 0.887. The number of ether oxygens (including phenoxy) is 1. The van der Waals surface area contributed by atoms with Crippen LogP contribution in [0.5, 0.6) is 5.75 Å². The molecule has 1 aromatic rings. The second-order valence-corrected chi connectivity index (χ2v) is 6.30. The van der Waals surface area contributed by atoms with Gasteiger partial charge in [0, 0.05) is 11.3 Å². The molecule has 1 aromatic carbocycles. The molecule has 0 radical (unpaired) electrons. The van der Waals surface area contributed by atoms with Gasteiger partial charge in [0.2, 0.25) is 0 Å². The highest BCUT2D eigenvalue weighted by molar-refractivity contribution is 8.00. The minimum atomic E-state index is 0.345. The van der Waals surface area contributed by atoms with Crippen molar-refractivity contribution in [3.8, 4) is 5.75 Å². The fourth-order valence-corrected chi connectivity index (χ4v) is 3.80. The van der Waals surface area contributed by atoms with E-state index in [4.69, 9.17) is 10.5 Å². The van der Waals surface area contributed by atoms with Crippen LogP contribution in [-0.2, 0) is 6.42 Å². The highest BCUT2D eigenvalue weighted by Crippen LogP contribution is 2.28. The van der Waals surface area contributed by atoms with Crippen molar-refractivity contribution in [1.29, 1.82) is 0 Å². The van der Waals surface area contributed by atoms with Gasteiger partial charge in [0.05, 0.1) is 7.11 Å². The number of nitrogens with two attached hydrogens (primary N) is 1. The van der Waals surface area contributed by atoms with Gasteiger partial charge in [0.15, 0.2) is 0 Å². The van der Waals surface area contributed by atoms with E-state index < -0.39 is 0 Å². The summed E-state index contributed by atoms with van der Waals surface area (Å²) in [7, 11) is 1.70. The summed E-state index contributed by atoms with van der Waals surface area (Å²) >= 11 is 2.07. The maximum Gasteiger partial charge on any atom is 0.118 e. The van der Waals surface area contributed by atoms with Crippen LogP contribution in [0.1, 0.15) is 31.2 Å². The molecule has 100 valence electrons. The molecule has 0 amide bonds. The number of thioether (sulfide) groups is 1. The fraction of sp³-hybridized carbons (Fsp3) is 0.600. The van der Waals surface area contributed by atoms with Crippen molar-refractivity contribution in [3.05, 3.63) is 29.8 Å². The molecule has 1 heterocycles. The SMILES string of the molecule is COc1ccc(CCC(N)C2CCCCS2)cc1. The monoisotopic (exact) mass is 265 g/mol. The third kappa shape index (κ3) is 3.92. The third-order valence-corrected chi connectivity index (χ3v) is 5.16. The van der Waals surface area contributed by atoms with Crippen LogP contribution in [0.3, 0.4) is 0 Å². The topological polar surface area (TPSA) is 35.2 Å². The Hall–Kier alpha value is -0.670. The lowest BCUT2D eigenvalue weighted by molar-refractivity contribution is 0.414. The van der Waals surface area contributed by atoms with Crippen LogP contribution in [0, 0.1) is 0 Å². The average Bonchev–Trinajstić information content (AvgIpc) is 2.46. The molecule has 0 aliphatic carbocycles. The summed E-state index contributed by atoms with van der Waals surface area (Å²) in [5.74, 6) is 2.21. The molecule has 0 saturated carbocycles. The van der Waals surface area contributed by atoms with Crippen molar-refractivity contribution >= 4 is 11.8 Å². The van der Waals surface area contributed by atoms with Crippen molar-refractivity contribution in [3.63, 3.8) is 0 Å². The maximum absolute atomic E-state index is 6.31. The molecule has 1 saturated heterocycles. The first-order valence-corrected chi connectivity index (χ1v) is 7.84. The van der Waals surface area contributed by atoms with E-state index in [0.29, 0.717) is 11.3 Å². The number of hydrogen-bond acceptors (Lipinski definition) is 3. The largest absolute Gasteiger partial charge is 0.497 e. The van der Waals surface area contributed by atoms with Gasteiger partial charge in [-0.25, -0.2) is 0 Å². The predicted octanol–water partition coefficient (Wildman–Crippen LogP) is 3.24. The molecule has 2 atom stereocenters. The zero-order valence-electron chi connectivity index (χ0n) is 11.1. The molecule has 0 spiro atoms. The van der Waals surface area contributed by atoms with Crippen LogP contribution in [-0.4, -0.2) is 24.2 Å². The van der Waals surface area contributed by atoms with Gasteiger partial charge in [-0.3, -0.25) is 0 Å². The number of hydrogen-bond donors (Lipinski definition) is 1. The zero-order valence-corrected chi connectivity index (χ0v) is 11.9. The molecule has 2 nitrogen and oxygen atoms in total.